The van der Waals surface area contributed by atoms with E-state index in [9.17, 15) is 13.2 Å². The van der Waals surface area contributed by atoms with Crippen molar-refractivity contribution in [2.24, 2.45) is 11.6 Å². The van der Waals surface area contributed by atoms with Crippen LogP contribution < -0.4 is 16.9 Å². The third-order valence-corrected chi connectivity index (χ3v) is 3.87. The number of nitrogens with two attached hydrogens (primary N) is 2. The molecule has 0 aromatic heterocycles. The summed E-state index contributed by atoms with van der Waals surface area (Å²) in [5.41, 5.74) is 6.92. The molecule has 0 spiro atoms. The highest BCUT2D eigenvalue weighted by atomic mass is 19.4. The van der Waals surface area contributed by atoms with Gasteiger partial charge in [0.05, 0.1) is 5.56 Å². The average Bonchev–Trinajstić information content (AvgIpc) is 2.46. The largest absolute Gasteiger partial charge is 0.416 e. The molecule has 0 amide bonds. The van der Waals surface area contributed by atoms with E-state index in [2.05, 4.69) is 5.32 Å². The van der Waals surface area contributed by atoms with Crippen molar-refractivity contribution in [1.29, 1.82) is 0 Å². The predicted octanol–water partition coefficient (Wildman–Crippen LogP) is 2.15. The lowest BCUT2D eigenvalue weighted by Gasteiger charge is -2.31. The molecule has 0 saturated carbocycles. The molecule has 2 atom stereocenters. The molecule has 4 nitrogen and oxygen atoms in total. The standard InChI is InChI=1S/C15H21F3N4/c1-22(20)9-13(19)14-8-11(6-7-21-14)10-2-4-12(5-3-10)15(16,17)18/h2-5,9,11,14,21H,6-8,19-20H2,1H3/b13-9-/t11?,14-/m0/s1. The second kappa shape index (κ2) is 6.58. The summed E-state index contributed by atoms with van der Waals surface area (Å²) in [7, 11) is 1.68. The van der Waals surface area contributed by atoms with E-state index < -0.39 is 11.7 Å². The van der Waals surface area contributed by atoms with Crippen LogP contribution in [0.25, 0.3) is 0 Å². The van der Waals surface area contributed by atoms with E-state index in [0.29, 0.717) is 5.70 Å². The summed E-state index contributed by atoms with van der Waals surface area (Å²) < 4.78 is 37.8. The van der Waals surface area contributed by atoms with Gasteiger partial charge in [-0.25, -0.2) is 5.84 Å². The molecule has 1 unspecified atom stereocenters. The molecule has 1 heterocycles. The summed E-state index contributed by atoms with van der Waals surface area (Å²) >= 11 is 0. The Labute approximate surface area is 127 Å². The van der Waals surface area contributed by atoms with E-state index in [1.54, 1.807) is 25.4 Å². The smallest absolute Gasteiger partial charge is 0.400 e. The fourth-order valence-corrected chi connectivity index (χ4v) is 2.74. The number of hydrogen-bond donors (Lipinski definition) is 3. The van der Waals surface area contributed by atoms with Crippen LogP contribution in [0.4, 0.5) is 13.2 Å². The van der Waals surface area contributed by atoms with Gasteiger partial charge in [0.1, 0.15) is 0 Å². The molecule has 1 aromatic rings. The lowest BCUT2D eigenvalue weighted by Crippen LogP contribution is -2.41. The van der Waals surface area contributed by atoms with Crippen molar-refractivity contribution in [3.8, 4) is 0 Å². The van der Waals surface area contributed by atoms with Crippen LogP contribution in [-0.4, -0.2) is 24.6 Å². The second-order valence-electron chi connectivity index (χ2n) is 5.64. The molecule has 2 rings (SSSR count). The van der Waals surface area contributed by atoms with E-state index in [1.165, 1.54) is 5.01 Å². The molecule has 0 bridgehead atoms. The monoisotopic (exact) mass is 314 g/mol. The van der Waals surface area contributed by atoms with Crippen molar-refractivity contribution < 1.29 is 13.2 Å². The Morgan fingerprint density at radius 3 is 2.50 bits per heavy atom. The van der Waals surface area contributed by atoms with Crippen LogP contribution >= 0.6 is 0 Å². The SMILES string of the molecule is CN(N)/C=C(\N)[C@@H]1CC(c2ccc(C(F)(F)F)cc2)CCN1. The summed E-state index contributed by atoms with van der Waals surface area (Å²) in [6.45, 7) is 0.763. The van der Waals surface area contributed by atoms with Gasteiger partial charge in [-0.3, -0.25) is 0 Å². The highest BCUT2D eigenvalue weighted by Gasteiger charge is 2.31. The molecule has 1 aliphatic heterocycles. The predicted molar refractivity (Wildman–Crippen MR) is 79.4 cm³/mol. The normalized spacial score (nSPS) is 23.4. The highest BCUT2D eigenvalue weighted by molar-refractivity contribution is 5.28. The number of benzene rings is 1. The summed E-state index contributed by atoms with van der Waals surface area (Å²) in [5.74, 6) is 5.73. The van der Waals surface area contributed by atoms with E-state index in [1.807, 2.05) is 0 Å². The Kier molecular flexibility index (Phi) is 4.97. The van der Waals surface area contributed by atoms with Gasteiger partial charge in [0.25, 0.3) is 0 Å². The van der Waals surface area contributed by atoms with Gasteiger partial charge in [-0.1, -0.05) is 12.1 Å². The van der Waals surface area contributed by atoms with Gasteiger partial charge in [-0.05, 0) is 43.0 Å². The third kappa shape index (κ3) is 4.14. The summed E-state index contributed by atoms with van der Waals surface area (Å²) in [6.07, 6.45) is -1.05. The second-order valence-corrected chi connectivity index (χ2v) is 5.64. The van der Waals surface area contributed by atoms with Gasteiger partial charge in [-0.2, -0.15) is 13.2 Å². The Morgan fingerprint density at radius 1 is 1.32 bits per heavy atom. The van der Waals surface area contributed by atoms with Crippen LogP contribution in [0.5, 0.6) is 0 Å². The quantitative estimate of drug-likeness (QED) is 0.591. The van der Waals surface area contributed by atoms with Crippen molar-refractivity contribution in [3.63, 3.8) is 0 Å². The Hall–Kier alpha value is -1.73. The molecule has 1 aliphatic rings. The lowest BCUT2D eigenvalue weighted by atomic mass is 9.85. The minimum absolute atomic E-state index is 0.0213. The number of piperidine rings is 1. The number of nitrogens with one attached hydrogen (secondary N) is 1. The van der Waals surface area contributed by atoms with Gasteiger partial charge in [0.15, 0.2) is 0 Å². The molecular weight excluding hydrogens is 293 g/mol. The van der Waals surface area contributed by atoms with E-state index in [0.717, 1.165) is 37.1 Å². The topological polar surface area (TPSA) is 67.3 Å². The molecule has 1 aromatic carbocycles. The number of halogens is 3. The van der Waals surface area contributed by atoms with Crippen LogP contribution in [-0.2, 0) is 6.18 Å². The van der Waals surface area contributed by atoms with E-state index in [-0.39, 0.29) is 12.0 Å². The molecule has 122 valence electrons. The van der Waals surface area contributed by atoms with Crippen molar-refractivity contribution in [2.45, 2.75) is 31.0 Å². The lowest BCUT2D eigenvalue weighted by molar-refractivity contribution is -0.137. The first-order valence-corrected chi connectivity index (χ1v) is 7.12. The Balaban J connectivity index is 2.09. The number of hydrogen-bond acceptors (Lipinski definition) is 4. The molecular formula is C15H21F3N4. The molecule has 1 saturated heterocycles. The third-order valence-electron chi connectivity index (χ3n) is 3.87. The summed E-state index contributed by atoms with van der Waals surface area (Å²) in [5, 5.41) is 4.69. The van der Waals surface area contributed by atoms with Crippen LogP contribution in [0.3, 0.4) is 0 Å². The summed E-state index contributed by atoms with van der Waals surface area (Å²) in [6, 6.07) is 5.38. The zero-order valence-electron chi connectivity index (χ0n) is 12.4. The molecule has 1 fully saturated rings. The molecule has 7 heteroatoms. The van der Waals surface area contributed by atoms with Crippen molar-refractivity contribution in [1.82, 2.24) is 10.3 Å². The molecule has 0 radical (unpaired) electrons. The van der Waals surface area contributed by atoms with Crippen molar-refractivity contribution in [3.05, 3.63) is 47.3 Å². The summed E-state index contributed by atoms with van der Waals surface area (Å²) in [4.78, 5) is 0. The number of hydrazine groups is 1. The fraction of sp³-hybridized carbons (Fsp3) is 0.467. The van der Waals surface area contributed by atoms with Crippen LogP contribution in [0, 0.1) is 0 Å². The van der Waals surface area contributed by atoms with E-state index in [4.69, 9.17) is 11.6 Å². The zero-order valence-corrected chi connectivity index (χ0v) is 12.4. The maximum Gasteiger partial charge on any atom is 0.416 e. The van der Waals surface area contributed by atoms with Crippen molar-refractivity contribution >= 4 is 0 Å². The zero-order chi connectivity index (χ0) is 16.3. The number of alkyl halides is 3. The molecule has 5 N–H and O–H groups in total. The van der Waals surface area contributed by atoms with Crippen LogP contribution in [0.2, 0.25) is 0 Å². The minimum Gasteiger partial charge on any atom is -0.400 e. The highest BCUT2D eigenvalue weighted by Crippen LogP contribution is 2.33. The maximum absolute atomic E-state index is 12.6. The first kappa shape index (κ1) is 16.6. The fourth-order valence-electron chi connectivity index (χ4n) is 2.74. The van der Waals surface area contributed by atoms with Crippen LogP contribution in [0.1, 0.15) is 29.9 Å². The molecule has 0 aliphatic carbocycles. The van der Waals surface area contributed by atoms with Crippen LogP contribution in [0.15, 0.2) is 36.2 Å². The van der Waals surface area contributed by atoms with E-state index >= 15 is 0 Å². The van der Waals surface area contributed by atoms with Gasteiger partial charge < -0.3 is 16.1 Å². The Bertz CT molecular complexity index is 523. The Morgan fingerprint density at radius 2 is 1.95 bits per heavy atom. The first-order chi connectivity index (χ1) is 10.3. The van der Waals surface area contributed by atoms with Gasteiger partial charge in [0, 0.05) is 25.0 Å². The average molecular weight is 314 g/mol. The van der Waals surface area contributed by atoms with Gasteiger partial charge in [-0.15, -0.1) is 0 Å². The first-order valence-electron chi connectivity index (χ1n) is 7.12. The van der Waals surface area contributed by atoms with Crippen molar-refractivity contribution in [2.75, 3.05) is 13.6 Å². The number of rotatable bonds is 3. The number of nitrogens with zero attached hydrogens (tertiary/aromatic N) is 1. The minimum atomic E-state index is -4.30. The van der Waals surface area contributed by atoms with Gasteiger partial charge >= 0.3 is 6.18 Å². The van der Waals surface area contributed by atoms with Gasteiger partial charge in [0.2, 0.25) is 0 Å². The maximum atomic E-state index is 12.6. The molecule has 22 heavy (non-hydrogen) atoms.